The van der Waals surface area contributed by atoms with E-state index in [-0.39, 0.29) is 17.0 Å². The van der Waals surface area contributed by atoms with Gasteiger partial charge in [0.05, 0.1) is 0 Å². The van der Waals surface area contributed by atoms with Crippen LogP contribution >= 0.6 is 0 Å². The first kappa shape index (κ1) is 10.3. The second kappa shape index (κ2) is 3.73. The highest BCUT2D eigenvalue weighted by Crippen LogP contribution is 2.23. The second-order valence-electron chi connectivity index (χ2n) is 3.37. The Morgan fingerprint density at radius 2 is 2.19 bits per heavy atom. The van der Waals surface area contributed by atoms with Crippen LogP contribution in [0.2, 0.25) is 0 Å². The van der Waals surface area contributed by atoms with Crippen molar-refractivity contribution in [1.82, 2.24) is 15.4 Å². The Morgan fingerprint density at radius 1 is 1.44 bits per heavy atom. The molecule has 1 heterocycles. The van der Waals surface area contributed by atoms with Gasteiger partial charge in [-0.15, -0.1) is 0 Å². The summed E-state index contributed by atoms with van der Waals surface area (Å²) in [6, 6.07) is 4.52. The van der Waals surface area contributed by atoms with Crippen molar-refractivity contribution in [3.63, 3.8) is 0 Å². The number of hydrogen-bond donors (Lipinski definition) is 2. The third-order valence-electron chi connectivity index (χ3n) is 2.16. The zero-order valence-corrected chi connectivity index (χ0v) is 8.49. The smallest absolute Gasteiger partial charge is 0.271 e. The van der Waals surface area contributed by atoms with E-state index in [2.05, 4.69) is 15.4 Å². The van der Waals surface area contributed by atoms with Gasteiger partial charge in [0.25, 0.3) is 5.91 Å². The van der Waals surface area contributed by atoms with Crippen LogP contribution in [0.3, 0.4) is 0 Å². The Kier molecular flexibility index (Phi) is 2.40. The molecule has 6 heteroatoms. The quantitative estimate of drug-likeness (QED) is 0.792. The minimum atomic E-state index is -0.746. The van der Waals surface area contributed by atoms with E-state index < -0.39 is 11.7 Å². The summed E-state index contributed by atoms with van der Waals surface area (Å²) in [7, 11) is 0. The number of rotatable bonds is 2. The number of aromatic amines is 1. The zero-order valence-electron chi connectivity index (χ0n) is 8.49. The van der Waals surface area contributed by atoms with E-state index >= 15 is 0 Å². The van der Waals surface area contributed by atoms with Gasteiger partial charge in [0, 0.05) is 5.56 Å². The van der Waals surface area contributed by atoms with Gasteiger partial charge in [0.2, 0.25) is 0 Å². The molecule has 5 nitrogen and oxygen atoms in total. The largest absolute Gasteiger partial charge is 0.364 e. The number of carbonyl (C=O) groups excluding carboxylic acids is 1. The molecule has 1 aromatic carbocycles. The summed E-state index contributed by atoms with van der Waals surface area (Å²) in [5.41, 5.74) is 6.24. The molecule has 82 valence electrons. The van der Waals surface area contributed by atoms with Crippen molar-refractivity contribution in [2.45, 2.75) is 6.92 Å². The van der Waals surface area contributed by atoms with Crippen molar-refractivity contribution in [3.05, 3.63) is 35.3 Å². The predicted molar refractivity (Wildman–Crippen MR) is 55.0 cm³/mol. The fraction of sp³-hybridized carbons (Fsp3) is 0.100. The molecule has 0 bridgehead atoms. The van der Waals surface area contributed by atoms with Crippen LogP contribution in [0.15, 0.2) is 18.2 Å². The fourth-order valence-electron chi connectivity index (χ4n) is 1.41. The molecule has 0 aliphatic rings. The summed E-state index contributed by atoms with van der Waals surface area (Å²) in [5, 5.41) is 9.58. The number of nitrogens with zero attached hydrogens (tertiary/aromatic N) is 2. The number of halogens is 1. The Hall–Kier alpha value is -2.24. The molecular formula is C10H9FN4O. The van der Waals surface area contributed by atoms with E-state index in [9.17, 15) is 9.18 Å². The molecule has 0 radical (unpaired) electrons. The van der Waals surface area contributed by atoms with Gasteiger partial charge < -0.3 is 5.73 Å². The van der Waals surface area contributed by atoms with Crippen molar-refractivity contribution in [2.75, 3.05) is 0 Å². The normalized spacial score (nSPS) is 10.4. The Bertz CT molecular complexity index is 550. The molecule has 1 aromatic heterocycles. The summed E-state index contributed by atoms with van der Waals surface area (Å²) in [5.74, 6) is -1.22. The summed E-state index contributed by atoms with van der Waals surface area (Å²) in [6.07, 6.45) is 0. The molecule has 2 rings (SSSR count). The lowest BCUT2D eigenvalue weighted by atomic mass is 10.1. The van der Waals surface area contributed by atoms with Gasteiger partial charge in [-0.25, -0.2) is 4.39 Å². The Morgan fingerprint density at radius 3 is 2.88 bits per heavy atom. The lowest BCUT2D eigenvalue weighted by Gasteiger charge is -2.01. The zero-order chi connectivity index (χ0) is 11.7. The molecule has 0 spiro atoms. The molecule has 0 saturated carbocycles. The van der Waals surface area contributed by atoms with Gasteiger partial charge in [-0.3, -0.25) is 4.79 Å². The minimum Gasteiger partial charge on any atom is -0.364 e. The first-order valence-electron chi connectivity index (χ1n) is 4.56. The summed E-state index contributed by atoms with van der Waals surface area (Å²) in [6.45, 7) is 1.81. The number of H-pyrrole nitrogens is 1. The molecular weight excluding hydrogens is 211 g/mol. The van der Waals surface area contributed by atoms with Crippen molar-refractivity contribution >= 4 is 5.91 Å². The highest BCUT2D eigenvalue weighted by atomic mass is 19.1. The number of primary amides is 1. The minimum absolute atomic E-state index is 0.0653. The maximum absolute atomic E-state index is 13.5. The maximum atomic E-state index is 13.5. The van der Waals surface area contributed by atoms with E-state index in [1.165, 1.54) is 6.07 Å². The first-order chi connectivity index (χ1) is 7.59. The number of carbonyl (C=O) groups is 1. The van der Waals surface area contributed by atoms with Crippen molar-refractivity contribution in [1.29, 1.82) is 0 Å². The van der Waals surface area contributed by atoms with Crippen molar-refractivity contribution in [2.24, 2.45) is 5.73 Å². The van der Waals surface area contributed by atoms with Gasteiger partial charge in [0.1, 0.15) is 11.5 Å². The first-order valence-corrected chi connectivity index (χ1v) is 4.56. The average molecular weight is 220 g/mol. The summed E-state index contributed by atoms with van der Waals surface area (Å²) < 4.78 is 13.5. The standard InChI is InChI=1S/C10H9FN4O/c1-5-2-3-7(11)6(4-5)8-9(10(12)16)14-15-13-8/h2-4H,1H3,(H2,12,16)(H,13,14,15). The van der Waals surface area contributed by atoms with Crippen LogP contribution in [0, 0.1) is 12.7 Å². The molecule has 3 N–H and O–H groups in total. The number of hydrogen-bond acceptors (Lipinski definition) is 3. The Labute approximate surface area is 90.5 Å². The molecule has 0 fully saturated rings. The van der Waals surface area contributed by atoms with Gasteiger partial charge in [-0.05, 0) is 19.1 Å². The highest BCUT2D eigenvalue weighted by Gasteiger charge is 2.18. The molecule has 0 aliphatic heterocycles. The maximum Gasteiger partial charge on any atom is 0.271 e. The molecule has 0 atom stereocenters. The number of aromatic nitrogens is 3. The lowest BCUT2D eigenvalue weighted by molar-refractivity contribution is 0.0996. The number of nitrogens with one attached hydrogen (secondary N) is 1. The highest BCUT2D eigenvalue weighted by molar-refractivity contribution is 5.96. The monoisotopic (exact) mass is 220 g/mol. The number of aryl methyl sites for hydroxylation is 1. The fourth-order valence-corrected chi connectivity index (χ4v) is 1.41. The van der Waals surface area contributed by atoms with Crippen LogP contribution in [0.25, 0.3) is 11.3 Å². The molecule has 16 heavy (non-hydrogen) atoms. The van der Waals surface area contributed by atoms with E-state index in [4.69, 9.17) is 5.73 Å². The summed E-state index contributed by atoms with van der Waals surface area (Å²) >= 11 is 0. The predicted octanol–water partition coefficient (Wildman–Crippen LogP) is 1.02. The van der Waals surface area contributed by atoms with Gasteiger partial charge in [-0.2, -0.15) is 15.4 Å². The number of nitrogens with two attached hydrogens (primary N) is 1. The Balaban J connectivity index is 2.62. The van der Waals surface area contributed by atoms with Crippen LogP contribution in [0.1, 0.15) is 16.1 Å². The number of amides is 1. The topological polar surface area (TPSA) is 84.7 Å². The van der Waals surface area contributed by atoms with E-state index in [1.54, 1.807) is 12.1 Å². The molecule has 1 amide bonds. The molecule has 0 unspecified atom stereocenters. The van der Waals surface area contributed by atoms with Gasteiger partial charge in [0.15, 0.2) is 5.69 Å². The molecule has 2 aromatic rings. The van der Waals surface area contributed by atoms with Gasteiger partial charge in [-0.1, -0.05) is 11.6 Å². The van der Waals surface area contributed by atoms with Crippen LogP contribution < -0.4 is 5.73 Å². The SMILES string of the molecule is Cc1ccc(F)c(-c2n[nH]nc2C(N)=O)c1. The molecule has 0 saturated heterocycles. The third kappa shape index (κ3) is 1.65. The third-order valence-corrected chi connectivity index (χ3v) is 2.16. The second-order valence-corrected chi connectivity index (χ2v) is 3.37. The lowest BCUT2D eigenvalue weighted by Crippen LogP contribution is -2.13. The van der Waals surface area contributed by atoms with Crippen LogP contribution in [-0.2, 0) is 0 Å². The average Bonchev–Trinajstić information content (AvgIpc) is 2.70. The van der Waals surface area contributed by atoms with Crippen LogP contribution in [0.5, 0.6) is 0 Å². The van der Waals surface area contributed by atoms with Crippen LogP contribution in [0.4, 0.5) is 4.39 Å². The van der Waals surface area contributed by atoms with Crippen molar-refractivity contribution in [3.8, 4) is 11.3 Å². The van der Waals surface area contributed by atoms with E-state index in [0.717, 1.165) is 5.56 Å². The van der Waals surface area contributed by atoms with Gasteiger partial charge >= 0.3 is 0 Å². The van der Waals surface area contributed by atoms with E-state index in [1.807, 2.05) is 6.92 Å². The van der Waals surface area contributed by atoms with Crippen molar-refractivity contribution < 1.29 is 9.18 Å². The number of benzene rings is 1. The molecule has 0 aliphatic carbocycles. The van der Waals surface area contributed by atoms with Crippen LogP contribution in [-0.4, -0.2) is 21.3 Å². The van der Waals surface area contributed by atoms with E-state index in [0.29, 0.717) is 0 Å². The summed E-state index contributed by atoms with van der Waals surface area (Å²) in [4.78, 5) is 11.0.